The monoisotopic (exact) mass is 372 g/mol. The first kappa shape index (κ1) is 20.3. The van der Waals surface area contributed by atoms with Crippen molar-refractivity contribution in [3.05, 3.63) is 59.7 Å². The van der Waals surface area contributed by atoms with Gasteiger partial charge in [-0.15, -0.1) is 0 Å². The number of carbonyl (C=O) groups is 2. The number of aromatic hydroxyl groups is 1. The molecule has 0 aromatic heterocycles. The molecule has 0 aliphatic carbocycles. The van der Waals surface area contributed by atoms with Gasteiger partial charge in [0.15, 0.2) is 0 Å². The summed E-state index contributed by atoms with van der Waals surface area (Å²) >= 11 is 0. The van der Waals surface area contributed by atoms with E-state index in [1.54, 1.807) is 31.4 Å². The third-order valence-corrected chi connectivity index (χ3v) is 4.62. The first-order chi connectivity index (χ1) is 12.9. The maximum absolute atomic E-state index is 11.6. The van der Waals surface area contributed by atoms with Crippen LogP contribution >= 0.6 is 0 Å². The van der Waals surface area contributed by atoms with Gasteiger partial charge in [-0.05, 0) is 61.1 Å². The number of ether oxygens (including phenoxy) is 1. The first-order valence-corrected chi connectivity index (χ1v) is 8.75. The lowest BCUT2D eigenvalue weighted by atomic mass is 9.88. The van der Waals surface area contributed by atoms with Crippen LogP contribution in [0.15, 0.2) is 48.5 Å². The van der Waals surface area contributed by atoms with Crippen molar-refractivity contribution in [2.75, 3.05) is 7.11 Å². The Kier molecular flexibility index (Phi) is 7.23. The molecular formula is C21H24O6. The van der Waals surface area contributed by atoms with Crippen LogP contribution in [0.4, 0.5) is 0 Å². The molecule has 6 nitrogen and oxygen atoms in total. The summed E-state index contributed by atoms with van der Waals surface area (Å²) in [6.07, 6.45) is 1.18. The second kappa shape index (κ2) is 9.62. The highest BCUT2D eigenvalue weighted by molar-refractivity contribution is 5.72. The predicted molar refractivity (Wildman–Crippen MR) is 100.0 cm³/mol. The van der Waals surface area contributed by atoms with E-state index in [2.05, 4.69) is 0 Å². The molecule has 0 spiro atoms. The third kappa shape index (κ3) is 6.33. The Balaban J connectivity index is 1.99. The van der Waals surface area contributed by atoms with Gasteiger partial charge in [0, 0.05) is 0 Å². The molecule has 2 aromatic carbocycles. The van der Waals surface area contributed by atoms with Gasteiger partial charge in [-0.1, -0.05) is 24.3 Å². The van der Waals surface area contributed by atoms with Gasteiger partial charge in [0.25, 0.3) is 0 Å². The Bertz CT molecular complexity index is 751. The third-order valence-electron chi connectivity index (χ3n) is 4.62. The maximum Gasteiger partial charge on any atom is 0.306 e. The number of hydrogen-bond donors (Lipinski definition) is 3. The van der Waals surface area contributed by atoms with Crippen molar-refractivity contribution in [1.29, 1.82) is 0 Å². The number of rotatable bonds is 10. The van der Waals surface area contributed by atoms with Crippen molar-refractivity contribution in [3.63, 3.8) is 0 Å². The summed E-state index contributed by atoms with van der Waals surface area (Å²) in [6.45, 7) is 0. The van der Waals surface area contributed by atoms with Crippen LogP contribution in [0.25, 0.3) is 0 Å². The van der Waals surface area contributed by atoms with E-state index in [1.165, 1.54) is 12.1 Å². The highest BCUT2D eigenvalue weighted by Crippen LogP contribution is 2.23. The summed E-state index contributed by atoms with van der Waals surface area (Å²) in [5, 5.41) is 28.3. The number of carboxylic acid groups (broad SMARTS) is 2. The van der Waals surface area contributed by atoms with Crippen LogP contribution in [-0.2, 0) is 22.4 Å². The predicted octanol–water partition coefficient (Wildman–Crippen LogP) is 3.37. The molecule has 3 N–H and O–H groups in total. The molecule has 0 radical (unpaired) electrons. The van der Waals surface area contributed by atoms with Crippen LogP contribution in [0.1, 0.15) is 24.0 Å². The van der Waals surface area contributed by atoms with Gasteiger partial charge < -0.3 is 20.1 Å². The molecule has 2 atom stereocenters. The Morgan fingerprint density at radius 2 is 1.22 bits per heavy atom. The number of benzene rings is 2. The summed E-state index contributed by atoms with van der Waals surface area (Å²) < 4.78 is 5.09. The summed E-state index contributed by atoms with van der Waals surface area (Å²) in [7, 11) is 1.56. The minimum atomic E-state index is -0.948. The van der Waals surface area contributed by atoms with E-state index in [9.17, 15) is 24.9 Å². The Hall–Kier alpha value is -3.02. The SMILES string of the molecule is COc1ccc(C[C@@H](CC[C@H](Cc2ccc(O)cc2)C(=O)O)C(=O)O)cc1. The molecule has 0 aliphatic heterocycles. The van der Waals surface area contributed by atoms with Gasteiger partial charge in [-0.3, -0.25) is 9.59 Å². The molecule has 2 aromatic rings. The Morgan fingerprint density at radius 3 is 1.59 bits per heavy atom. The van der Waals surface area contributed by atoms with Crippen LogP contribution in [0.2, 0.25) is 0 Å². The highest BCUT2D eigenvalue weighted by atomic mass is 16.5. The molecule has 0 saturated heterocycles. The van der Waals surface area contributed by atoms with Crippen molar-refractivity contribution in [3.8, 4) is 11.5 Å². The molecule has 0 bridgehead atoms. The lowest BCUT2D eigenvalue weighted by Crippen LogP contribution is -2.22. The minimum Gasteiger partial charge on any atom is -0.508 e. The smallest absolute Gasteiger partial charge is 0.306 e. The van der Waals surface area contributed by atoms with Crippen LogP contribution in [0.5, 0.6) is 11.5 Å². The summed E-state index contributed by atoms with van der Waals surface area (Å²) in [5.41, 5.74) is 1.66. The number of methoxy groups -OCH3 is 1. The topological polar surface area (TPSA) is 104 Å². The van der Waals surface area contributed by atoms with E-state index in [0.717, 1.165) is 11.1 Å². The molecule has 0 unspecified atom stereocenters. The Morgan fingerprint density at radius 1 is 0.815 bits per heavy atom. The van der Waals surface area contributed by atoms with E-state index in [1.807, 2.05) is 12.1 Å². The number of carboxylic acids is 2. The molecule has 0 saturated carbocycles. The van der Waals surface area contributed by atoms with Gasteiger partial charge in [0.2, 0.25) is 0 Å². The van der Waals surface area contributed by atoms with Gasteiger partial charge in [-0.2, -0.15) is 0 Å². The highest BCUT2D eigenvalue weighted by Gasteiger charge is 2.24. The fraction of sp³-hybridized carbons (Fsp3) is 0.333. The van der Waals surface area contributed by atoms with Crippen LogP contribution < -0.4 is 4.74 Å². The summed E-state index contributed by atoms with van der Waals surface area (Å²) in [6, 6.07) is 13.6. The van der Waals surface area contributed by atoms with Crippen LogP contribution in [0, 0.1) is 11.8 Å². The second-order valence-corrected chi connectivity index (χ2v) is 6.57. The van der Waals surface area contributed by atoms with Crippen molar-refractivity contribution < 1.29 is 29.6 Å². The zero-order valence-corrected chi connectivity index (χ0v) is 15.2. The molecule has 0 aliphatic rings. The maximum atomic E-state index is 11.6. The summed E-state index contributed by atoms with van der Waals surface area (Å²) in [5.74, 6) is -2.38. The van der Waals surface area contributed by atoms with Gasteiger partial charge in [0.1, 0.15) is 11.5 Å². The minimum absolute atomic E-state index is 0.121. The largest absolute Gasteiger partial charge is 0.508 e. The van der Waals surface area contributed by atoms with Gasteiger partial charge >= 0.3 is 11.9 Å². The zero-order valence-electron chi connectivity index (χ0n) is 15.2. The fourth-order valence-electron chi connectivity index (χ4n) is 2.99. The van der Waals surface area contributed by atoms with Crippen LogP contribution in [-0.4, -0.2) is 34.4 Å². The van der Waals surface area contributed by atoms with E-state index >= 15 is 0 Å². The van der Waals surface area contributed by atoms with E-state index < -0.39 is 23.8 Å². The molecule has 144 valence electrons. The number of phenols is 1. The molecular weight excluding hydrogens is 348 g/mol. The number of aliphatic carboxylic acids is 2. The molecule has 6 heteroatoms. The number of phenolic OH excluding ortho intramolecular Hbond substituents is 1. The molecule has 27 heavy (non-hydrogen) atoms. The first-order valence-electron chi connectivity index (χ1n) is 8.75. The van der Waals surface area contributed by atoms with Crippen molar-refractivity contribution in [2.24, 2.45) is 11.8 Å². The van der Waals surface area contributed by atoms with Crippen LogP contribution in [0.3, 0.4) is 0 Å². The molecule has 0 fully saturated rings. The van der Waals surface area contributed by atoms with Gasteiger partial charge in [0.05, 0.1) is 18.9 Å². The summed E-state index contributed by atoms with van der Waals surface area (Å²) in [4.78, 5) is 23.2. The van der Waals surface area contributed by atoms with E-state index in [4.69, 9.17) is 4.74 Å². The average molecular weight is 372 g/mol. The second-order valence-electron chi connectivity index (χ2n) is 6.57. The molecule has 0 amide bonds. The normalized spacial score (nSPS) is 12.9. The Labute approximate surface area is 158 Å². The van der Waals surface area contributed by atoms with Gasteiger partial charge in [-0.25, -0.2) is 0 Å². The van der Waals surface area contributed by atoms with E-state index in [-0.39, 0.29) is 18.6 Å². The quantitative estimate of drug-likeness (QED) is 0.591. The van der Waals surface area contributed by atoms with E-state index in [0.29, 0.717) is 18.6 Å². The van der Waals surface area contributed by atoms with Crippen molar-refractivity contribution in [2.45, 2.75) is 25.7 Å². The standard InChI is InChI=1S/C21H24O6/c1-27-19-10-4-15(5-11-19)13-17(21(25)26)7-6-16(20(23)24)12-14-2-8-18(22)9-3-14/h2-5,8-11,16-17,22H,6-7,12-13H2,1H3,(H,23,24)(H,25,26)/t16-,17-/m1/s1. The number of hydrogen-bond acceptors (Lipinski definition) is 4. The molecule has 0 heterocycles. The van der Waals surface area contributed by atoms with Crippen molar-refractivity contribution in [1.82, 2.24) is 0 Å². The average Bonchev–Trinajstić information content (AvgIpc) is 2.65. The lowest BCUT2D eigenvalue weighted by Gasteiger charge is -2.17. The molecule has 2 rings (SSSR count). The lowest BCUT2D eigenvalue weighted by molar-refractivity contribution is -0.145. The zero-order chi connectivity index (χ0) is 19.8. The fourth-order valence-corrected chi connectivity index (χ4v) is 2.99. The van der Waals surface area contributed by atoms with Crippen molar-refractivity contribution >= 4 is 11.9 Å².